The summed E-state index contributed by atoms with van der Waals surface area (Å²) in [5.74, 6) is -0.127. The van der Waals surface area contributed by atoms with E-state index in [2.05, 4.69) is 11.9 Å². The van der Waals surface area contributed by atoms with E-state index in [9.17, 15) is 9.18 Å². The lowest BCUT2D eigenvalue weighted by Crippen LogP contribution is -2.13. The normalized spacial score (nSPS) is 12.8. The van der Waals surface area contributed by atoms with Crippen molar-refractivity contribution in [2.45, 2.75) is 39.5 Å². The molecular weight excluding hydrogens is 241 g/mol. The van der Waals surface area contributed by atoms with Crippen molar-refractivity contribution in [1.29, 1.82) is 0 Å². The Morgan fingerprint density at radius 2 is 2.16 bits per heavy atom. The van der Waals surface area contributed by atoms with Crippen LogP contribution in [0.4, 0.5) is 4.39 Å². The number of ketones is 1. The third-order valence-electron chi connectivity index (χ3n) is 3.68. The number of H-pyrrole nitrogens is 1. The maximum absolute atomic E-state index is 13.3. The number of carbonyl (C=O) groups is 1. The van der Waals surface area contributed by atoms with E-state index in [-0.39, 0.29) is 17.5 Å². The molecular formula is C16H20FNO. The van der Waals surface area contributed by atoms with Crippen molar-refractivity contribution in [2.75, 3.05) is 0 Å². The molecule has 0 bridgehead atoms. The van der Waals surface area contributed by atoms with Gasteiger partial charge in [0.25, 0.3) is 0 Å². The number of rotatable bonds is 6. The van der Waals surface area contributed by atoms with Gasteiger partial charge < -0.3 is 4.98 Å². The summed E-state index contributed by atoms with van der Waals surface area (Å²) >= 11 is 0. The maximum atomic E-state index is 13.3. The SMILES string of the molecule is CCCCC(CC)C(=O)c1c[nH]c2ccc(F)cc12. The molecule has 3 heteroatoms. The van der Waals surface area contributed by atoms with E-state index in [0.717, 1.165) is 31.2 Å². The molecule has 0 saturated carbocycles. The third-order valence-corrected chi connectivity index (χ3v) is 3.68. The Balaban J connectivity index is 2.32. The van der Waals surface area contributed by atoms with E-state index in [4.69, 9.17) is 0 Å². The Morgan fingerprint density at radius 3 is 2.84 bits per heavy atom. The zero-order valence-electron chi connectivity index (χ0n) is 11.5. The molecule has 102 valence electrons. The first-order chi connectivity index (χ1) is 9.17. The van der Waals surface area contributed by atoms with Gasteiger partial charge in [-0.2, -0.15) is 0 Å². The van der Waals surface area contributed by atoms with Gasteiger partial charge in [-0.05, 0) is 31.0 Å². The van der Waals surface area contributed by atoms with Gasteiger partial charge in [-0.1, -0.05) is 26.7 Å². The van der Waals surface area contributed by atoms with Gasteiger partial charge in [-0.25, -0.2) is 4.39 Å². The minimum atomic E-state index is -0.303. The maximum Gasteiger partial charge on any atom is 0.168 e. The van der Waals surface area contributed by atoms with Crippen LogP contribution in [0.3, 0.4) is 0 Å². The van der Waals surface area contributed by atoms with Crippen molar-refractivity contribution < 1.29 is 9.18 Å². The summed E-state index contributed by atoms with van der Waals surface area (Å²) in [6.07, 6.45) is 5.60. The van der Waals surface area contributed by atoms with Crippen molar-refractivity contribution in [1.82, 2.24) is 4.98 Å². The van der Waals surface area contributed by atoms with Crippen LogP contribution < -0.4 is 0 Å². The highest BCUT2D eigenvalue weighted by atomic mass is 19.1. The van der Waals surface area contributed by atoms with E-state index in [1.165, 1.54) is 12.1 Å². The van der Waals surface area contributed by atoms with Crippen molar-refractivity contribution >= 4 is 16.7 Å². The lowest BCUT2D eigenvalue weighted by Gasteiger charge is -2.12. The first-order valence-corrected chi connectivity index (χ1v) is 6.98. The molecule has 0 saturated heterocycles. The fourth-order valence-electron chi connectivity index (χ4n) is 2.49. The minimum absolute atomic E-state index is 0.0437. The molecule has 0 aliphatic heterocycles. The van der Waals surface area contributed by atoms with Crippen LogP contribution in [0.1, 0.15) is 49.9 Å². The van der Waals surface area contributed by atoms with Crippen LogP contribution in [-0.4, -0.2) is 10.8 Å². The van der Waals surface area contributed by atoms with E-state index in [0.29, 0.717) is 10.9 Å². The predicted octanol–water partition coefficient (Wildman–Crippen LogP) is 4.71. The molecule has 1 unspecified atom stereocenters. The van der Waals surface area contributed by atoms with Crippen LogP contribution in [0.2, 0.25) is 0 Å². The summed E-state index contributed by atoms with van der Waals surface area (Å²) < 4.78 is 13.3. The lowest BCUT2D eigenvalue weighted by atomic mass is 9.90. The molecule has 1 aromatic heterocycles. The van der Waals surface area contributed by atoms with Crippen molar-refractivity contribution in [3.8, 4) is 0 Å². The van der Waals surface area contributed by atoms with Crippen LogP contribution >= 0.6 is 0 Å². The predicted molar refractivity (Wildman–Crippen MR) is 75.9 cm³/mol. The number of Topliss-reactive ketones (excluding diaryl/α,β-unsaturated/α-hetero) is 1. The molecule has 0 aliphatic carbocycles. The number of unbranched alkanes of at least 4 members (excludes halogenated alkanes) is 1. The summed E-state index contributed by atoms with van der Waals surface area (Å²) in [7, 11) is 0. The molecule has 0 radical (unpaired) electrons. The number of carbonyl (C=O) groups excluding carboxylic acids is 1. The van der Waals surface area contributed by atoms with Gasteiger partial charge in [0.2, 0.25) is 0 Å². The number of hydrogen-bond donors (Lipinski definition) is 1. The van der Waals surface area contributed by atoms with Crippen molar-refractivity contribution in [2.24, 2.45) is 5.92 Å². The topological polar surface area (TPSA) is 32.9 Å². The summed E-state index contributed by atoms with van der Waals surface area (Å²) in [4.78, 5) is 15.6. The van der Waals surface area contributed by atoms with Gasteiger partial charge in [0, 0.05) is 28.6 Å². The first kappa shape index (κ1) is 13.8. The molecule has 2 nitrogen and oxygen atoms in total. The summed E-state index contributed by atoms with van der Waals surface area (Å²) in [6.45, 7) is 4.16. The van der Waals surface area contributed by atoms with Crippen LogP contribution in [-0.2, 0) is 0 Å². The van der Waals surface area contributed by atoms with Crippen molar-refractivity contribution in [3.63, 3.8) is 0 Å². The number of aromatic amines is 1. The second kappa shape index (κ2) is 6.00. The average molecular weight is 261 g/mol. The number of halogens is 1. The monoisotopic (exact) mass is 261 g/mol. The third kappa shape index (κ3) is 2.86. The Morgan fingerprint density at radius 1 is 1.37 bits per heavy atom. The minimum Gasteiger partial charge on any atom is -0.360 e. The highest BCUT2D eigenvalue weighted by Crippen LogP contribution is 2.25. The Bertz CT molecular complexity index is 573. The number of hydrogen-bond acceptors (Lipinski definition) is 1. The average Bonchev–Trinajstić information content (AvgIpc) is 2.82. The fourth-order valence-corrected chi connectivity index (χ4v) is 2.49. The standard InChI is InChI=1S/C16H20FNO/c1-3-5-6-11(4-2)16(19)14-10-18-15-8-7-12(17)9-13(14)15/h7-11,18H,3-6H2,1-2H3. The fraction of sp³-hybridized carbons (Fsp3) is 0.438. The van der Waals surface area contributed by atoms with Crippen LogP contribution in [0.25, 0.3) is 10.9 Å². The molecule has 0 amide bonds. The zero-order valence-corrected chi connectivity index (χ0v) is 11.5. The molecule has 0 aliphatic rings. The Hall–Kier alpha value is -1.64. The molecule has 0 spiro atoms. The van der Waals surface area contributed by atoms with Crippen LogP contribution in [0, 0.1) is 11.7 Å². The second-order valence-electron chi connectivity index (χ2n) is 5.00. The van der Waals surface area contributed by atoms with Crippen LogP contribution in [0.5, 0.6) is 0 Å². The van der Waals surface area contributed by atoms with E-state index in [1.807, 2.05) is 6.92 Å². The Labute approximate surface area is 113 Å². The smallest absolute Gasteiger partial charge is 0.168 e. The van der Waals surface area contributed by atoms with Crippen LogP contribution in [0.15, 0.2) is 24.4 Å². The molecule has 1 heterocycles. The van der Waals surface area contributed by atoms with Gasteiger partial charge in [0.05, 0.1) is 0 Å². The molecule has 2 rings (SSSR count). The van der Waals surface area contributed by atoms with Gasteiger partial charge in [-0.15, -0.1) is 0 Å². The Kier molecular flexibility index (Phi) is 4.35. The van der Waals surface area contributed by atoms with Gasteiger partial charge in [-0.3, -0.25) is 4.79 Å². The zero-order chi connectivity index (χ0) is 13.8. The van der Waals surface area contributed by atoms with Crippen molar-refractivity contribution in [3.05, 3.63) is 35.8 Å². The van der Waals surface area contributed by atoms with E-state index >= 15 is 0 Å². The molecule has 1 atom stereocenters. The quantitative estimate of drug-likeness (QED) is 0.751. The highest BCUT2D eigenvalue weighted by molar-refractivity contribution is 6.08. The number of nitrogens with one attached hydrogen (secondary N) is 1. The first-order valence-electron chi connectivity index (χ1n) is 6.98. The van der Waals surface area contributed by atoms with E-state index in [1.54, 1.807) is 12.3 Å². The van der Waals surface area contributed by atoms with Gasteiger partial charge in [0.15, 0.2) is 5.78 Å². The number of fused-ring (bicyclic) bond motifs is 1. The largest absolute Gasteiger partial charge is 0.360 e. The van der Waals surface area contributed by atoms with Gasteiger partial charge in [0.1, 0.15) is 5.82 Å². The summed E-state index contributed by atoms with van der Waals surface area (Å²) in [5.41, 5.74) is 1.44. The summed E-state index contributed by atoms with van der Waals surface area (Å²) in [6, 6.07) is 4.52. The van der Waals surface area contributed by atoms with Gasteiger partial charge >= 0.3 is 0 Å². The summed E-state index contributed by atoms with van der Waals surface area (Å²) in [5, 5.41) is 0.694. The molecule has 0 fully saturated rings. The molecule has 19 heavy (non-hydrogen) atoms. The lowest BCUT2D eigenvalue weighted by molar-refractivity contribution is 0.0910. The molecule has 1 N–H and O–H groups in total. The molecule has 2 aromatic rings. The number of aromatic nitrogens is 1. The molecule has 1 aromatic carbocycles. The highest BCUT2D eigenvalue weighted by Gasteiger charge is 2.20. The second-order valence-corrected chi connectivity index (χ2v) is 5.00. The van der Waals surface area contributed by atoms with E-state index < -0.39 is 0 Å². The number of benzene rings is 1.